The van der Waals surface area contributed by atoms with Gasteiger partial charge in [0.2, 0.25) is 0 Å². The molecule has 3 aromatic rings. The van der Waals surface area contributed by atoms with Crippen molar-refractivity contribution in [2.45, 2.75) is 18.7 Å². The van der Waals surface area contributed by atoms with Crippen LogP contribution >= 0.6 is 22.6 Å². The van der Waals surface area contributed by atoms with Crippen molar-refractivity contribution in [3.05, 3.63) is 75.4 Å². The second-order valence-electron chi connectivity index (χ2n) is 7.11. The summed E-state index contributed by atoms with van der Waals surface area (Å²) >= 11 is 1.96. The zero-order chi connectivity index (χ0) is 26.1. The number of ether oxygens (including phenoxy) is 3. The van der Waals surface area contributed by atoms with Gasteiger partial charge in [0.05, 0.1) is 30.1 Å². The number of hydrogen-bond acceptors (Lipinski definition) is 8. The number of methoxy groups -OCH3 is 1. The van der Waals surface area contributed by atoms with E-state index in [1.54, 1.807) is 55.5 Å². The van der Waals surface area contributed by atoms with Gasteiger partial charge in [0, 0.05) is 5.56 Å². The van der Waals surface area contributed by atoms with Crippen molar-refractivity contribution in [1.82, 2.24) is 5.43 Å². The second-order valence-corrected chi connectivity index (χ2v) is 9.82. The van der Waals surface area contributed by atoms with Gasteiger partial charge in [0.25, 0.3) is 5.91 Å². The molecule has 0 aromatic heterocycles. The average Bonchev–Trinajstić information content (AvgIpc) is 2.87. The van der Waals surface area contributed by atoms with Crippen molar-refractivity contribution >= 4 is 44.8 Å². The molecule has 0 fully saturated rings. The van der Waals surface area contributed by atoms with Gasteiger partial charge in [-0.15, -0.1) is 0 Å². The van der Waals surface area contributed by atoms with Gasteiger partial charge >= 0.3 is 10.1 Å². The van der Waals surface area contributed by atoms with Crippen molar-refractivity contribution in [3.63, 3.8) is 0 Å². The molecule has 0 atom stereocenters. The smallest absolute Gasteiger partial charge is 0.339 e. The molecular formula is C25H25IN2O7S. The molecule has 0 aliphatic carbocycles. The van der Waals surface area contributed by atoms with Gasteiger partial charge in [-0.2, -0.15) is 13.5 Å². The summed E-state index contributed by atoms with van der Waals surface area (Å²) < 4.78 is 47.7. The van der Waals surface area contributed by atoms with Crippen molar-refractivity contribution in [2.24, 2.45) is 5.10 Å². The summed E-state index contributed by atoms with van der Waals surface area (Å²) in [4.78, 5) is 12.6. The van der Waals surface area contributed by atoms with E-state index in [0.29, 0.717) is 32.8 Å². The number of carbonyl (C=O) groups is 1. The molecule has 0 saturated heterocycles. The molecule has 0 heterocycles. The van der Waals surface area contributed by atoms with Crippen LogP contribution in [0.5, 0.6) is 23.0 Å². The van der Waals surface area contributed by atoms with Crippen molar-refractivity contribution in [1.29, 1.82) is 0 Å². The summed E-state index contributed by atoms with van der Waals surface area (Å²) in [6, 6.07) is 15.9. The lowest BCUT2D eigenvalue weighted by atomic mass is 10.2. The summed E-state index contributed by atoms with van der Waals surface area (Å²) in [5, 5.41) is 4.02. The van der Waals surface area contributed by atoms with E-state index < -0.39 is 16.0 Å². The molecule has 11 heteroatoms. The average molecular weight is 624 g/mol. The third-order valence-electron chi connectivity index (χ3n) is 4.66. The summed E-state index contributed by atoms with van der Waals surface area (Å²) in [6.07, 6.45) is 1.42. The van der Waals surface area contributed by atoms with Crippen LogP contribution in [-0.4, -0.2) is 40.9 Å². The molecule has 1 amide bonds. The van der Waals surface area contributed by atoms with Crippen molar-refractivity contribution < 1.29 is 31.6 Å². The molecule has 1 N–H and O–H groups in total. The minimum Gasteiger partial charge on any atom is -0.493 e. The molecule has 0 saturated carbocycles. The first-order valence-electron chi connectivity index (χ1n) is 10.9. The molecule has 0 radical (unpaired) electrons. The SMILES string of the molecule is CCOc1cc(C(=O)N/N=C/c2cc(I)c(OS(=O)(=O)c3ccccc3)c(OCC)c2)ccc1OC. The van der Waals surface area contributed by atoms with Gasteiger partial charge in [0.1, 0.15) is 4.90 Å². The highest BCUT2D eigenvalue weighted by atomic mass is 127. The molecule has 0 aliphatic heterocycles. The van der Waals surface area contributed by atoms with E-state index in [1.807, 2.05) is 29.5 Å². The highest BCUT2D eigenvalue weighted by molar-refractivity contribution is 14.1. The minimum atomic E-state index is -4.06. The Balaban J connectivity index is 1.79. The number of benzene rings is 3. The first-order valence-corrected chi connectivity index (χ1v) is 13.4. The van der Waals surface area contributed by atoms with E-state index in [9.17, 15) is 13.2 Å². The predicted octanol–water partition coefficient (Wildman–Crippen LogP) is 4.63. The standard InChI is InChI=1S/C25H25IN2O7S/c1-4-33-22-15-18(11-12-21(22)32-3)25(29)28-27-16-17-13-20(26)24(23(14-17)34-5-2)35-36(30,31)19-9-7-6-8-10-19/h6-16H,4-5H2,1-3H3,(H,28,29)/b27-16+. The lowest BCUT2D eigenvalue weighted by Crippen LogP contribution is -2.17. The Morgan fingerprint density at radius 1 is 0.972 bits per heavy atom. The van der Waals surface area contributed by atoms with E-state index in [2.05, 4.69) is 10.5 Å². The highest BCUT2D eigenvalue weighted by Crippen LogP contribution is 2.36. The molecule has 3 aromatic carbocycles. The maximum absolute atomic E-state index is 12.7. The Morgan fingerprint density at radius 3 is 2.33 bits per heavy atom. The maximum atomic E-state index is 12.7. The molecule has 0 bridgehead atoms. The monoisotopic (exact) mass is 624 g/mol. The highest BCUT2D eigenvalue weighted by Gasteiger charge is 2.22. The van der Waals surface area contributed by atoms with Gasteiger partial charge in [-0.1, -0.05) is 18.2 Å². The van der Waals surface area contributed by atoms with E-state index >= 15 is 0 Å². The Kier molecular flexibility index (Phi) is 9.53. The number of nitrogens with zero attached hydrogens (tertiary/aromatic N) is 1. The molecule has 36 heavy (non-hydrogen) atoms. The molecule has 0 spiro atoms. The van der Waals surface area contributed by atoms with Crippen LogP contribution in [0.4, 0.5) is 0 Å². The van der Waals surface area contributed by atoms with Crippen LogP contribution in [-0.2, 0) is 10.1 Å². The second kappa shape index (κ2) is 12.6. The Bertz CT molecular complexity index is 1350. The number of amides is 1. The lowest BCUT2D eigenvalue weighted by molar-refractivity contribution is 0.0954. The number of nitrogens with one attached hydrogen (secondary N) is 1. The zero-order valence-corrected chi connectivity index (χ0v) is 22.8. The first-order chi connectivity index (χ1) is 17.3. The lowest BCUT2D eigenvalue weighted by Gasteiger charge is -2.14. The molecular weight excluding hydrogens is 599 g/mol. The number of carbonyl (C=O) groups excluding carboxylic acids is 1. The summed E-state index contributed by atoms with van der Waals surface area (Å²) in [5.74, 6) is 0.834. The zero-order valence-electron chi connectivity index (χ0n) is 19.9. The topological polar surface area (TPSA) is 113 Å². The minimum absolute atomic E-state index is 0.0302. The normalized spacial score (nSPS) is 11.2. The molecule has 190 valence electrons. The van der Waals surface area contributed by atoms with E-state index in [0.717, 1.165) is 0 Å². The van der Waals surface area contributed by atoms with Crippen LogP contribution in [0, 0.1) is 3.57 Å². The van der Waals surface area contributed by atoms with Crippen LogP contribution < -0.4 is 23.8 Å². The largest absolute Gasteiger partial charge is 0.493 e. The first kappa shape index (κ1) is 27.3. The van der Waals surface area contributed by atoms with Crippen LogP contribution in [0.3, 0.4) is 0 Å². The van der Waals surface area contributed by atoms with Crippen LogP contribution in [0.15, 0.2) is 70.7 Å². The number of hydrogen-bond donors (Lipinski definition) is 1. The van der Waals surface area contributed by atoms with Gasteiger partial charge in [0.15, 0.2) is 23.0 Å². The van der Waals surface area contributed by atoms with Crippen molar-refractivity contribution in [3.8, 4) is 23.0 Å². The predicted molar refractivity (Wildman–Crippen MR) is 144 cm³/mol. The summed E-state index contributed by atoms with van der Waals surface area (Å²) in [5.41, 5.74) is 3.37. The molecule has 9 nitrogen and oxygen atoms in total. The van der Waals surface area contributed by atoms with E-state index in [4.69, 9.17) is 18.4 Å². The van der Waals surface area contributed by atoms with Gasteiger partial charge < -0.3 is 18.4 Å². The summed E-state index contributed by atoms with van der Waals surface area (Å²) in [7, 11) is -2.53. The molecule has 0 aliphatic rings. The van der Waals surface area contributed by atoms with Gasteiger partial charge in [-0.25, -0.2) is 5.43 Å². The van der Waals surface area contributed by atoms with Crippen LogP contribution in [0.25, 0.3) is 0 Å². The maximum Gasteiger partial charge on any atom is 0.339 e. The third-order valence-corrected chi connectivity index (χ3v) is 6.70. The van der Waals surface area contributed by atoms with Gasteiger partial charge in [-0.05, 0) is 84.5 Å². The Morgan fingerprint density at radius 2 is 1.67 bits per heavy atom. The quantitative estimate of drug-likeness (QED) is 0.143. The van der Waals surface area contributed by atoms with Crippen LogP contribution in [0.1, 0.15) is 29.8 Å². The summed E-state index contributed by atoms with van der Waals surface area (Å²) in [6.45, 7) is 4.32. The Hall–Kier alpha value is -3.32. The number of hydrazone groups is 1. The molecule has 0 unspecified atom stereocenters. The van der Waals surface area contributed by atoms with Crippen LogP contribution in [0.2, 0.25) is 0 Å². The molecule has 3 rings (SSSR count). The van der Waals surface area contributed by atoms with Crippen molar-refractivity contribution in [2.75, 3.05) is 20.3 Å². The fourth-order valence-electron chi connectivity index (χ4n) is 3.07. The number of rotatable bonds is 11. The van der Waals surface area contributed by atoms with Gasteiger partial charge in [-0.3, -0.25) is 4.79 Å². The number of halogens is 1. The fraction of sp³-hybridized carbons (Fsp3) is 0.200. The third kappa shape index (κ3) is 6.88. The van der Waals surface area contributed by atoms with E-state index in [-0.39, 0.29) is 23.0 Å². The van der Waals surface area contributed by atoms with E-state index in [1.165, 1.54) is 25.5 Å². The Labute approximate surface area is 223 Å². The fourth-order valence-corrected chi connectivity index (χ4v) is 4.93.